The SMILES string of the molecule is Cn1nccc1CCN1CCC(C)(C(=O)O)CC1. The van der Waals surface area contributed by atoms with Gasteiger partial charge in [0.25, 0.3) is 0 Å². The summed E-state index contributed by atoms with van der Waals surface area (Å²) >= 11 is 0. The smallest absolute Gasteiger partial charge is 0.309 e. The lowest BCUT2D eigenvalue weighted by molar-refractivity contribution is -0.150. The molecule has 2 heterocycles. The van der Waals surface area contributed by atoms with Crippen molar-refractivity contribution in [2.45, 2.75) is 26.2 Å². The Bertz CT molecular complexity index is 420. The number of hydrogen-bond donors (Lipinski definition) is 1. The molecule has 0 aliphatic carbocycles. The number of nitrogens with zero attached hydrogens (tertiary/aromatic N) is 3. The molecule has 0 spiro atoms. The zero-order valence-corrected chi connectivity index (χ0v) is 11.1. The molecule has 0 amide bonds. The molecule has 100 valence electrons. The van der Waals surface area contributed by atoms with E-state index in [1.54, 1.807) is 0 Å². The summed E-state index contributed by atoms with van der Waals surface area (Å²) in [5.41, 5.74) is 0.699. The van der Waals surface area contributed by atoms with Crippen LogP contribution in [0.5, 0.6) is 0 Å². The molecule has 0 radical (unpaired) electrons. The van der Waals surface area contributed by atoms with Crippen LogP contribution < -0.4 is 0 Å². The van der Waals surface area contributed by atoms with Gasteiger partial charge >= 0.3 is 5.97 Å². The Morgan fingerprint density at radius 3 is 2.67 bits per heavy atom. The molecule has 2 rings (SSSR count). The first-order valence-electron chi connectivity index (χ1n) is 6.44. The molecule has 0 aromatic carbocycles. The van der Waals surface area contributed by atoms with E-state index in [4.69, 9.17) is 0 Å². The zero-order valence-electron chi connectivity index (χ0n) is 11.1. The topological polar surface area (TPSA) is 58.4 Å². The molecule has 1 aromatic rings. The molecular formula is C13H21N3O2. The van der Waals surface area contributed by atoms with Gasteiger partial charge in [0, 0.05) is 31.9 Å². The fourth-order valence-electron chi connectivity index (χ4n) is 2.40. The van der Waals surface area contributed by atoms with E-state index in [0.29, 0.717) is 0 Å². The molecular weight excluding hydrogens is 230 g/mol. The van der Waals surface area contributed by atoms with E-state index in [2.05, 4.69) is 10.00 Å². The number of aromatic nitrogens is 2. The zero-order chi connectivity index (χ0) is 13.2. The summed E-state index contributed by atoms with van der Waals surface area (Å²) in [4.78, 5) is 13.5. The summed E-state index contributed by atoms with van der Waals surface area (Å²) in [6, 6.07) is 2.03. The van der Waals surface area contributed by atoms with Crippen molar-refractivity contribution in [1.82, 2.24) is 14.7 Å². The fourth-order valence-corrected chi connectivity index (χ4v) is 2.40. The van der Waals surface area contributed by atoms with Crippen LogP contribution in [0.4, 0.5) is 0 Å². The Balaban J connectivity index is 1.81. The van der Waals surface area contributed by atoms with Gasteiger partial charge in [-0.1, -0.05) is 0 Å². The average molecular weight is 251 g/mol. The second-order valence-corrected chi connectivity index (χ2v) is 5.40. The van der Waals surface area contributed by atoms with Gasteiger partial charge in [0.2, 0.25) is 0 Å². The van der Waals surface area contributed by atoms with Gasteiger partial charge in [-0.2, -0.15) is 5.10 Å². The number of aliphatic carboxylic acids is 1. The van der Waals surface area contributed by atoms with Crippen molar-refractivity contribution in [2.75, 3.05) is 19.6 Å². The van der Waals surface area contributed by atoms with Gasteiger partial charge in [0.15, 0.2) is 0 Å². The second-order valence-electron chi connectivity index (χ2n) is 5.40. The normalized spacial score (nSPS) is 19.9. The predicted molar refractivity (Wildman–Crippen MR) is 68.3 cm³/mol. The largest absolute Gasteiger partial charge is 0.481 e. The molecule has 1 saturated heterocycles. The van der Waals surface area contributed by atoms with Gasteiger partial charge in [-0.3, -0.25) is 9.48 Å². The van der Waals surface area contributed by atoms with Gasteiger partial charge in [-0.05, 0) is 38.9 Å². The second kappa shape index (κ2) is 5.10. The minimum atomic E-state index is -0.659. The van der Waals surface area contributed by atoms with Crippen LogP contribution in [0.1, 0.15) is 25.5 Å². The lowest BCUT2D eigenvalue weighted by Crippen LogP contribution is -2.43. The fraction of sp³-hybridized carbons (Fsp3) is 0.692. The summed E-state index contributed by atoms with van der Waals surface area (Å²) in [6.07, 6.45) is 4.27. The Hall–Kier alpha value is -1.36. The highest BCUT2D eigenvalue weighted by molar-refractivity contribution is 5.74. The van der Waals surface area contributed by atoms with Crippen LogP contribution in [-0.2, 0) is 18.3 Å². The van der Waals surface area contributed by atoms with Crippen molar-refractivity contribution >= 4 is 5.97 Å². The quantitative estimate of drug-likeness (QED) is 0.872. The van der Waals surface area contributed by atoms with E-state index in [9.17, 15) is 9.90 Å². The first kappa shape index (κ1) is 13.1. The first-order chi connectivity index (χ1) is 8.51. The standard InChI is InChI=1S/C13H21N3O2/c1-13(12(17)18)5-9-16(10-6-13)8-4-11-3-7-14-15(11)2/h3,7H,4-6,8-10H2,1-2H3,(H,17,18). The van der Waals surface area contributed by atoms with E-state index < -0.39 is 11.4 Å². The monoisotopic (exact) mass is 251 g/mol. The van der Waals surface area contributed by atoms with E-state index in [1.165, 1.54) is 5.69 Å². The molecule has 5 heteroatoms. The molecule has 5 nitrogen and oxygen atoms in total. The van der Waals surface area contributed by atoms with Crippen molar-refractivity contribution in [1.29, 1.82) is 0 Å². The van der Waals surface area contributed by atoms with E-state index in [-0.39, 0.29) is 0 Å². The number of carboxylic acid groups (broad SMARTS) is 1. The van der Waals surface area contributed by atoms with Crippen LogP contribution >= 0.6 is 0 Å². The summed E-state index contributed by atoms with van der Waals surface area (Å²) in [5.74, 6) is -0.659. The highest BCUT2D eigenvalue weighted by Crippen LogP contribution is 2.30. The third-order valence-electron chi connectivity index (χ3n) is 4.08. The predicted octanol–water partition coefficient (Wildman–Crippen LogP) is 1.15. The van der Waals surface area contributed by atoms with Gasteiger partial charge in [0.1, 0.15) is 0 Å². The number of rotatable bonds is 4. The average Bonchev–Trinajstić information content (AvgIpc) is 2.74. The van der Waals surface area contributed by atoms with Crippen molar-refractivity contribution in [2.24, 2.45) is 12.5 Å². The van der Waals surface area contributed by atoms with E-state index in [0.717, 1.165) is 38.9 Å². The molecule has 0 atom stereocenters. The Morgan fingerprint density at radius 2 is 2.17 bits per heavy atom. The number of piperidine rings is 1. The number of hydrogen-bond acceptors (Lipinski definition) is 3. The Kier molecular flexibility index (Phi) is 3.71. The summed E-state index contributed by atoms with van der Waals surface area (Å²) in [7, 11) is 1.95. The molecule has 1 aliphatic rings. The minimum absolute atomic E-state index is 0.525. The van der Waals surface area contributed by atoms with Crippen molar-refractivity contribution in [3.05, 3.63) is 18.0 Å². The molecule has 1 aromatic heterocycles. The maximum absolute atomic E-state index is 11.1. The first-order valence-corrected chi connectivity index (χ1v) is 6.44. The third kappa shape index (κ3) is 2.72. The van der Waals surface area contributed by atoms with Gasteiger partial charge in [-0.25, -0.2) is 0 Å². The van der Waals surface area contributed by atoms with Gasteiger partial charge in [-0.15, -0.1) is 0 Å². The third-order valence-corrected chi connectivity index (χ3v) is 4.08. The Morgan fingerprint density at radius 1 is 1.50 bits per heavy atom. The maximum Gasteiger partial charge on any atom is 0.309 e. The van der Waals surface area contributed by atoms with E-state index in [1.807, 2.05) is 30.9 Å². The van der Waals surface area contributed by atoms with Crippen molar-refractivity contribution in [3.63, 3.8) is 0 Å². The van der Waals surface area contributed by atoms with Gasteiger partial charge < -0.3 is 10.0 Å². The Labute approximate surface area is 107 Å². The highest BCUT2D eigenvalue weighted by Gasteiger charge is 2.36. The van der Waals surface area contributed by atoms with Crippen molar-refractivity contribution < 1.29 is 9.90 Å². The number of aryl methyl sites for hydroxylation is 1. The molecule has 1 aliphatic heterocycles. The van der Waals surface area contributed by atoms with Crippen LogP contribution in [0.25, 0.3) is 0 Å². The molecule has 0 saturated carbocycles. The highest BCUT2D eigenvalue weighted by atomic mass is 16.4. The molecule has 1 N–H and O–H groups in total. The lowest BCUT2D eigenvalue weighted by Gasteiger charge is -2.36. The maximum atomic E-state index is 11.1. The summed E-state index contributed by atoms with van der Waals surface area (Å²) in [5, 5.41) is 13.3. The van der Waals surface area contributed by atoms with Crippen LogP contribution in [0, 0.1) is 5.41 Å². The molecule has 18 heavy (non-hydrogen) atoms. The van der Waals surface area contributed by atoms with Crippen molar-refractivity contribution in [3.8, 4) is 0 Å². The van der Waals surface area contributed by atoms with Crippen LogP contribution in [0.15, 0.2) is 12.3 Å². The molecule has 0 unspecified atom stereocenters. The molecule has 1 fully saturated rings. The van der Waals surface area contributed by atoms with Crippen LogP contribution in [-0.4, -0.2) is 45.4 Å². The summed E-state index contributed by atoms with van der Waals surface area (Å²) in [6.45, 7) is 4.59. The minimum Gasteiger partial charge on any atom is -0.481 e. The number of carbonyl (C=O) groups is 1. The lowest BCUT2D eigenvalue weighted by atomic mass is 9.80. The van der Waals surface area contributed by atoms with Crippen LogP contribution in [0.2, 0.25) is 0 Å². The van der Waals surface area contributed by atoms with Crippen LogP contribution in [0.3, 0.4) is 0 Å². The molecule has 0 bridgehead atoms. The van der Waals surface area contributed by atoms with E-state index >= 15 is 0 Å². The summed E-state index contributed by atoms with van der Waals surface area (Å²) < 4.78 is 1.89. The number of carboxylic acids is 1. The number of likely N-dealkylation sites (tertiary alicyclic amines) is 1. The van der Waals surface area contributed by atoms with Gasteiger partial charge in [0.05, 0.1) is 5.41 Å².